The zero-order chi connectivity index (χ0) is 22.1. The molecule has 0 bridgehead atoms. The maximum absolute atomic E-state index is 14.0. The minimum atomic E-state index is -0.474. The number of carbonyl (C=O) groups excluding carboxylic acids is 1. The number of fused-ring (bicyclic) bond motifs is 1. The van der Waals surface area contributed by atoms with Crippen molar-refractivity contribution in [2.45, 2.75) is 6.54 Å². The van der Waals surface area contributed by atoms with Crippen LogP contribution in [-0.4, -0.2) is 51.3 Å². The number of carbonyl (C=O) groups is 1. The molecular weight excluding hydrogens is 427 g/mol. The lowest BCUT2D eigenvalue weighted by Crippen LogP contribution is -2.48. The van der Waals surface area contributed by atoms with Crippen LogP contribution in [0.25, 0.3) is 16.9 Å². The third-order valence-electron chi connectivity index (χ3n) is 5.88. The molecule has 0 saturated carbocycles. The van der Waals surface area contributed by atoms with Crippen molar-refractivity contribution >= 4 is 23.2 Å². The van der Waals surface area contributed by atoms with E-state index in [0.717, 1.165) is 22.6 Å². The number of halogens is 2. The van der Waals surface area contributed by atoms with Crippen LogP contribution in [-0.2, 0) is 6.54 Å². The molecule has 1 fully saturated rings. The molecule has 0 unspecified atom stereocenters. The number of imidazole rings is 1. The van der Waals surface area contributed by atoms with Gasteiger partial charge in [-0.05, 0) is 36.4 Å². The van der Waals surface area contributed by atoms with Crippen molar-refractivity contribution in [3.63, 3.8) is 0 Å². The number of benzene rings is 2. The average molecular weight is 449 g/mol. The van der Waals surface area contributed by atoms with Crippen molar-refractivity contribution in [1.29, 1.82) is 0 Å². The Bertz CT molecular complexity index is 1260. The average Bonchev–Trinajstić information content (AvgIpc) is 3.18. The fraction of sp³-hybridized carbons (Fsp3) is 0.200. The smallest absolute Gasteiger partial charge is 0.256 e. The van der Waals surface area contributed by atoms with Gasteiger partial charge in [0.15, 0.2) is 0 Å². The van der Waals surface area contributed by atoms with Crippen molar-refractivity contribution < 1.29 is 9.18 Å². The third-order valence-corrected chi connectivity index (χ3v) is 6.14. The Labute approximate surface area is 190 Å². The molecule has 0 aliphatic carbocycles. The van der Waals surface area contributed by atoms with Gasteiger partial charge < -0.3 is 9.30 Å². The van der Waals surface area contributed by atoms with Gasteiger partial charge >= 0.3 is 0 Å². The van der Waals surface area contributed by atoms with Crippen molar-refractivity contribution in [3.8, 4) is 11.3 Å². The summed E-state index contributed by atoms with van der Waals surface area (Å²) in [4.78, 5) is 21.6. The molecule has 1 aliphatic heterocycles. The Hall–Kier alpha value is -3.22. The second kappa shape index (κ2) is 8.73. The SMILES string of the molecule is O=C(c1ccccc1F)N1CCN(Cc2c(-c3ccc(Cl)cc3)nc3ccccn23)CC1. The van der Waals surface area contributed by atoms with Crippen molar-refractivity contribution in [2.75, 3.05) is 26.2 Å². The molecule has 0 atom stereocenters. The van der Waals surface area contributed by atoms with Crippen LogP contribution in [0, 0.1) is 5.82 Å². The van der Waals surface area contributed by atoms with Gasteiger partial charge in [0, 0.05) is 49.5 Å². The Kier molecular flexibility index (Phi) is 5.64. The summed E-state index contributed by atoms with van der Waals surface area (Å²) in [6, 6.07) is 19.8. The number of nitrogens with zero attached hydrogens (tertiary/aromatic N) is 4. The molecule has 1 saturated heterocycles. The lowest BCUT2D eigenvalue weighted by molar-refractivity contribution is 0.0622. The summed E-state index contributed by atoms with van der Waals surface area (Å²) in [6.07, 6.45) is 2.02. The number of piperazine rings is 1. The summed E-state index contributed by atoms with van der Waals surface area (Å²) in [7, 11) is 0. The van der Waals surface area contributed by atoms with E-state index >= 15 is 0 Å². The minimum absolute atomic E-state index is 0.132. The second-order valence-corrected chi connectivity index (χ2v) is 8.33. The van der Waals surface area contributed by atoms with E-state index in [0.29, 0.717) is 37.7 Å². The highest BCUT2D eigenvalue weighted by atomic mass is 35.5. The Balaban J connectivity index is 1.36. The number of amides is 1. The van der Waals surface area contributed by atoms with Gasteiger partial charge in [-0.2, -0.15) is 0 Å². The zero-order valence-corrected chi connectivity index (χ0v) is 18.2. The van der Waals surface area contributed by atoms with Gasteiger partial charge in [-0.25, -0.2) is 9.37 Å². The van der Waals surface area contributed by atoms with Gasteiger partial charge in [-0.15, -0.1) is 0 Å². The first-order valence-corrected chi connectivity index (χ1v) is 11.0. The number of hydrogen-bond donors (Lipinski definition) is 0. The van der Waals surface area contributed by atoms with Gasteiger partial charge in [0.05, 0.1) is 17.0 Å². The third kappa shape index (κ3) is 3.99. The highest BCUT2D eigenvalue weighted by Crippen LogP contribution is 2.27. The summed E-state index contributed by atoms with van der Waals surface area (Å²) >= 11 is 6.08. The van der Waals surface area contributed by atoms with Crippen LogP contribution in [0.2, 0.25) is 5.02 Å². The lowest BCUT2D eigenvalue weighted by atomic mass is 10.1. The second-order valence-electron chi connectivity index (χ2n) is 7.89. The maximum Gasteiger partial charge on any atom is 0.256 e. The predicted octanol–water partition coefficient (Wildman–Crippen LogP) is 4.75. The molecular formula is C25H22ClFN4O. The summed E-state index contributed by atoms with van der Waals surface area (Å²) < 4.78 is 16.1. The quantitative estimate of drug-likeness (QED) is 0.452. The van der Waals surface area contributed by atoms with E-state index < -0.39 is 5.82 Å². The predicted molar refractivity (Wildman–Crippen MR) is 123 cm³/mol. The molecule has 1 amide bonds. The topological polar surface area (TPSA) is 40.9 Å². The van der Waals surface area contributed by atoms with E-state index in [9.17, 15) is 9.18 Å². The summed E-state index contributed by atoms with van der Waals surface area (Å²) in [5, 5.41) is 0.690. The molecule has 0 spiro atoms. The molecule has 0 N–H and O–H groups in total. The first kappa shape index (κ1) is 20.7. The van der Waals surface area contributed by atoms with Crippen molar-refractivity contribution in [2.24, 2.45) is 0 Å². The first-order chi connectivity index (χ1) is 15.6. The Morgan fingerprint density at radius 2 is 1.66 bits per heavy atom. The number of rotatable bonds is 4. The highest BCUT2D eigenvalue weighted by molar-refractivity contribution is 6.30. The van der Waals surface area contributed by atoms with E-state index in [1.54, 1.807) is 23.1 Å². The van der Waals surface area contributed by atoms with Gasteiger partial charge in [0.1, 0.15) is 11.5 Å². The molecule has 32 heavy (non-hydrogen) atoms. The molecule has 0 radical (unpaired) electrons. The number of pyridine rings is 1. The Morgan fingerprint density at radius 1 is 0.938 bits per heavy atom. The molecule has 162 valence electrons. The van der Waals surface area contributed by atoms with E-state index in [1.165, 1.54) is 6.07 Å². The van der Waals surface area contributed by atoms with E-state index in [4.69, 9.17) is 16.6 Å². The number of hydrogen-bond acceptors (Lipinski definition) is 3. The molecule has 4 aromatic rings. The number of aromatic nitrogens is 2. The van der Waals surface area contributed by atoms with Crippen LogP contribution in [0.5, 0.6) is 0 Å². The standard InChI is InChI=1S/C25H22ClFN4O/c26-19-10-8-18(9-11-19)24-22(31-12-4-3-7-23(31)28-24)17-29-13-15-30(16-14-29)25(32)20-5-1-2-6-21(20)27/h1-12H,13-17H2. The molecule has 3 heterocycles. The Morgan fingerprint density at radius 3 is 2.41 bits per heavy atom. The maximum atomic E-state index is 14.0. The molecule has 2 aromatic heterocycles. The molecule has 7 heteroatoms. The van der Waals surface area contributed by atoms with Gasteiger partial charge in [0.25, 0.3) is 5.91 Å². The van der Waals surface area contributed by atoms with Crippen LogP contribution >= 0.6 is 11.6 Å². The van der Waals surface area contributed by atoms with Gasteiger partial charge in [-0.1, -0.05) is 41.9 Å². The summed E-state index contributed by atoms with van der Waals surface area (Å²) in [6.45, 7) is 3.23. The molecule has 1 aliphatic rings. The van der Waals surface area contributed by atoms with Crippen LogP contribution in [0.4, 0.5) is 4.39 Å². The van der Waals surface area contributed by atoms with Gasteiger partial charge in [0.2, 0.25) is 0 Å². The highest BCUT2D eigenvalue weighted by Gasteiger charge is 2.25. The fourth-order valence-corrected chi connectivity index (χ4v) is 4.29. The van der Waals surface area contributed by atoms with Crippen LogP contribution in [0.15, 0.2) is 72.9 Å². The monoisotopic (exact) mass is 448 g/mol. The van der Waals surface area contributed by atoms with Crippen LogP contribution < -0.4 is 0 Å². The molecule has 2 aromatic carbocycles. The fourth-order valence-electron chi connectivity index (χ4n) is 4.16. The van der Waals surface area contributed by atoms with Crippen LogP contribution in [0.1, 0.15) is 16.1 Å². The van der Waals surface area contributed by atoms with E-state index in [2.05, 4.69) is 9.30 Å². The van der Waals surface area contributed by atoms with Gasteiger partial charge in [-0.3, -0.25) is 9.69 Å². The zero-order valence-electron chi connectivity index (χ0n) is 17.4. The van der Waals surface area contributed by atoms with Crippen molar-refractivity contribution in [3.05, 3.63) is 95.0 Å². The normalized spacial score (nSPS) is 14.8. The summed E-state index contributed by atoms with van der Waals surface area (Å²) in [5.41, 5.74) is 4.06. The van der Waals surface area contributed by atoms with Crippen molar-refractivity contribution in [1.82, 2.24) is 19.2 Å². The van der Waals surface area contributed by atoms with Crippen LogP contribution in [0.3, 0.4) is 0 Å². The minimum Gasteiger partial charge on any atom is -0.336 e. The first-order valence-electron chi connectivity index (χ1n) is 10.6. The molecule has 5 rings (SSSR count). The van der Waals surface area contributed by atoms with E-state index in [1.807, 2.05) is 48.7 Å². The lowest BCUT2D eigenvalue weighted by Gasteiger charge is -2.34. The van der Waals surface area contributed by atoms with E-state index in [-0.39, 0.29) is 11.5 Å². The largest absolute Gasteiger partial charge is 0.336 e. The summed E-state index contributed by atoms with van der Waals surface area (Å²) in [5.74, 6) is -0.724. The molecule has 5 nitrogen and oxygen atoms in total.